The number of rotatable bonds is 4. The Balaban J connectivity index is 1.91. The van der Waals surface area contributed by atoms with E-state index in [0.717, 1.165) is 5.56 Å². The minimum absolute atomic E-state index is 0.0725. The lowest BCUT2D eigenvalue weighted by Crippen LogP contribution is -2.42. The average Bonchev–Trinajstić information content (AvgIpc) is 2.45. The Kier molecular flexibility index (Phi) is 4.63. The summed E-state index contributed by atoms with van der Waals surface area (Å²) in [5, 5.41) is 1.81. The van der Waals surface area contributed by atoms with Crippen molar-refractivity contribution in [1.29, 1.82) is 0 Å². The first kappa shape index (κ1) is 13.7. The van der Waals surface area contributed by atoms with Crippen molar-refractivity contribution in [3.63, 3.8) is 0 Å². The number of hydrogen-bond acceptors (Lipinski definition) is 4. The lowest BCUT2D eigenvalue weighted by molar-refractivity contribution is -0.153. The quantitative estimate of drug-likeness (QED) is 0.791. The molecule has 1 heterocycles. The average molecular weight is 277 g/mol. The predicted octanol–water partition coefficient (Wildman–Crippen LogP) is 2.16. The lowest BCUT2D eigenvalue weighted by Gasteiger charge is -2.26. The molecule has 1 aliphatic heterocycles. The van der Waals surface area contributed by atoms with E-state index in [9.17, 15) is 9.59 Å². The van der Waals surface area contributed by atoms with Crippen LogP contribution in [-0.2, 0) is 20.9 Å². The van der Waals surface area contributed by atoms with Crippen LogP contribution in [0.1, 0.15) is 12.5 Å². The fraction of sp³-hybridized carbons (Fsp3) is 0.286. The molecule has 5 heteroatoms. The molecular weight excluding hydrogens is 262 g/mol. The van der Waals surface area contributed by atoms with Crippen LogP contribution in [0.4, 0.5) is 0 Å². The number of ether oxygens (including phenoxy) is 1. The molecule has 1 aromatic carbocycles. The van der Waals surface area contributed by atoms with Gasteiger partial charge in [0, 0.05) is 6.20 Å². The molecule has 1 amide bonds. The van der Waals surface area contributed by atoms with Crippen molar-refractivity contribution in [2.24, 2.45) is 0 Å². The summed E-state index contributed by atoms with van der Waals surface area (Å²) in [6, 6.07) is 8.87. The van der Waals surface area contributed by atoms with Crippen LogP contribution in [0.3, 0.4) is 0 Å². The summed E-state index contributed by atoms with van der Waals surface area (Å²) in [7, 11) is 0. The van der Waals surface area contributed by atoms with E-state index in [1.807, 2.05) is 35.7 Å². The molecule has 1 unspecified atom stereocenters. The molecule has 1 aliphatic rings. The SMILES string of the molecule is CC(C(=O)OCc1ccccc1)N1C=CSCC1=O. The summed E-state index contributed by atoms with van der Waals surface area (Å²) < 4.78 is 5.22. The zero-order valence-corrected chi connectivity index (χ0v) is 11.4. The number of carbonyl (C=O) groups is 2. The van der Waals surface area contributed by atoms with Gasteiger partial charge in [-0.1, -0.05) is 30.3 Å². The first-order valence-corrected chi connectivity index (χ1v) is 7.03. The Labute approximate surface area is 116 Å². The second-order valence-corrected chi connectivity index (χ2v) is 5.06. The minimum atomic E-state index is -0.589. The highest BCUT2D eigenvalue weighted by Crippen LogP contribution is 2.16. The van der Waals surface area contributed by atoms with Gasteiger partial charge in [0.15, 0.2) is 0 Å². The maximum Gasteiger partial charge on any atom is 0.329 e. The molecule has 0 aliphatic carbocycles. The van der Waals surface area contributed by atoms with Crippen molar-refractivity contribution < 1.29 is 14.3 Å². The Morgan fingerprint density at radius 2 is 2.16 bits per heavy atom. The molecule has 0 spiro atoms. The number of amides is 1. The maximum atomic E-state index is 11.9. The molecular formula is C14H15NO3S. The van der Waals surface area contributed by atoms with Gasteiger partial charge in [0.2, 0.25) is 5.91 Å². The molecule has 2 rings (SSSR count). The third kappa shape index (κ3) is 3.61. The molecule has 1 atom stereocenters. The van der Waals surface area contributed by atoms with Crippen molar-refractivity contribution >= 4 is 23.6 Å². The van der Waals surface area contributed by atoms with Crippen LogP contribution in [0.15, 0.2) is 41.9 Å². The predicted molar refractivity (Wildman–Crippen MR) is 74.1 cm³/mol. The van der Waals surface area contributed by atoms with Gasteiger partial charge >= 0.3 is 5.97 Å². The van der Waals surface area contributed by atoms with Gasteiger partial charge in [-0.15, -0.1) is 11.8 Å². The highest BCUT2D eigenvalue weighted by Gasteiger charge is 2.26. The van der Waals surface area contributed by atoms with Gasteiger partial charge < -0.3 is 9.64 Å². The summed E-state index contributed by atoms with van der Waals surface area (Å²) in [5.74, 6) is -0.0993. The van der Waals surface area contributed by atoms with Gasteiger partial charge in [0.25, 0.3) is 0 Å². The highest BCUT2D eigenvalue weighted by atomic mass is 32.2. The summed E-state index contributed by atoms with van der Waals surface area (Å²) in [6.07, 6.45) is 1.63. The van der Waals surface area contributed by atoms with E-state index < -0.39 is 12.0 Å². The largest absolute Gasteiger partial charge is 0.459 e. The van der Waals surface area contributed by atoms with Crippen molar-refractivity contribution in [2.75, 3.05) is 5.75 Å². The normalized spacial score (nSPS) is 16.3. The molecule has 0 aromatic heterocycles. The standard InChI is InChI=1S/C14H15NO3S/c1-11(15-7-8-19-10-13(15)16)14(17)18-9-12-5-3-2-4-6-12/h2-8,11H,9-10H2,1H3. The molecule has 0 bridgehead atoms. The molecule has 0 radical (unpaired) electrons. The van der Waals surface area contributed by atoms with E-state index in [4.69, 9.17) is 4.74 Å². The van der Waals surface area contributed by atoms with E-state index in [1.165, 1.54) is 16.7 Å². The van der Waals surface area contributed by atoms with Crippen LogP contribution in [0.2, 0.25) is 0 Å². The van der Waals surface area contributed by atoms with Gasteiger partial charge in [-0.25, -0.2) is 4.79 Å². The molecule has 1 aromatic rings. The van der Waals surface area contributed by atoms with Crippen molar-refractivity contribution in [1.82, 2.24) is 4.90 Å². The Hall–Kier alpha value is -1.75. The van der Waals surface area contributed by atoms with Crippen molar-refractivity contribution in [3.05, 3.63) is 47.5 Å². The van der Waals surface area contributed by atoms with Gasteiger partial charge in [0.1, 0.15) is 12.6 Å². The topological polar surface area (TPSA) is 46.6 Å². The fourth-order valence-electron chi connectivity index (χ4n) is 1.69. The number of hydrogen-bond donors (Lipinski definition) is 0. The Morgan fingerprint density at radius 3 is 2.84 bits per heavy atom. The summed E-state index contributed by atoms with van der Waals surface area (Å²) in [5.41, 5.74) is 0.930. The summed E-state index contributed by atoms with van der Waals surface area (Å²) in [6.45, 7) is 1.90. The van der Waals surface area contributed by atoms with E-state index in [-0.39, 0.29) is 12.5 Å². The summed E-state index contributed by atoms with van der Waals surface area (Å²) >= 11 is 1.42. The smallest absolute Gasteiger partial charge is 0.329 e. The van der Waals surface area contributed by atoms with Crippen molar-refractivity contribution in [3.8, 4) is 0 Å². The van der Waals surface area contributed by atoms with E-state index >= 15 is 0 Å². The highest BCUT2D eigenvalue weighted by molar-refractivity contribution is 8.02. The molecule has 0 N–H and O–H groups in total. The van der Waals surface area contributed by atoms with Crippen LogP contribution >= 0.6 is 11.8 Å². The number of nitrogens with zero attached hydrogens (tertiary/aromatic N) is 1. The van der Waals surface area contributed by atoms with E-state index in [2.05, 4.69) is 0 Å². The number of thioether (sulfide) groups is 1. The molecule has 0 saturated heterocycles. The first-order chi connectivity index (χ1) is 9.18. The third-order valence-corrected chi connectivity index (χ3v) is 3.52. The van der Waals surface area contributed by atoms with E-state index in [0.29, 0.717) is 5.75 Å². The van der Waals surface area contributed by atoms with Gasteiger partial charge in [-0.3, -0.25) is 4.79 Å². The molecule has 4 nitrogen and oxygen atoms in total. The fourth-order valence-corrected chi connectivity index (χ4v) is 2.30. The first-order valence-electron chi connectivity index (χ1n) is 5.98. The van der Waals surface area contributed by atoms with Gasteiger partial charge in [0.05, 0.1) is 5.75 Å². The summed E-state index contributed by atoms with van der Waals surface area (Å²) in [4.78, 5) is 25.0. The zero-order valence-electron chi connectivity index (χ0n) is 10.6. The number of carbonyl (C=O) groups excluding carboxylic acids is 2. The molecule has 100 valence electrons. The third-order valence-electron chi connectivity index (χ3n) is 2.79. The van der Waals surface area contributed by atoms with Crippen LogP contribution in [0.5, 0.6) is 0 Å². The van der Waals surface area contributed by atoms with Gasteiger partial charge in [-0.05, 0) is 17.9 Å². The van der Waals surface area contributed by atoms with Crippen LogP contribution < -0.4 is 0 Å². The van der Waals surface area contributed by atoms with Crippen LogP contribution in [-0.4, -0.2) is 28.6 Å². The molecule has 0 fully saturated rings. The van der Waals surface area contributed by atoms with Gasteiger partial charge in [-0.2, -0.15) is 0 Å². The van der Waals surface area contributed by atoms with Crippen molar-refractivity contribution in [2.45, 2.75) is 19.6 Å². The number of esters is 1. The Morgan fingerprint density at radius 1 is 1.42 bits per heavy atom. The monoisotopic (exact) mass is 277 g/mol. The zero-order chi connectivity index (χ0) is 13.7. The van der Waals surface area contributed by atoms with Crippen LogP contribution in [0, 0.1) is 0 Å². The second kappa shape index (κ2) is 6.43. The molecule has 19 heavy (non-hydrogen) atoms. The minimum Gasteiger partial charge on any atom is -0.459 e. The van der Waals surface area contributed by atoms with E-state index in [1.54, 1.807) is 13.1 Å². The number of benzene rings is 1. The molecule has 0 saturated carbocycles. The lowest BCUT2D eigenvalue weighted by atomic mass is 10.2. The Bertz CT molecular complexity index is 487. The maximum absolute atomic E-state index is 11.9. The second-order valence-electron chi connectivity index (χ2n) is 4.17. The van der Waals surface area contributed by atoms with Crippen LogP contribution in [0.25, 0.3) is 0 Å².